The molecule has 7 nitrogen and oxygen atoms in total. The van der Waals surface area contributed by atoms with Gasteiger partial charge in [-0.3, -0.25) is 9.69 Å². The summed E-state index contributed by atoms with van der Waals surface area (Å²) in [4.78, 5) is 17.3. The summed E-state index contributed by atoms with van der Waals surface area (Å²) in [6, 6.07) is 4.40. The lowest BCUT2D eigenvalue weighted by atomic mass is 9.90. The van der Waals surface area contributed by atoms with Crippen molar-refractivity contribution in [2.75, 3.05) is 26.2 Å². The Morgan fingerprint density at radius 2 is 2.03 bits per heavy atom. The molecule has 0 saturated carbocycles. The summed E-state index contributed by atoms with van der Waals surface area (Å²) >= 11 is 0. The normalized spacial score (nSPS) is 23.0. The second-order valence-electron chi connectivity index (χ2n) is 9.07. The number of rotatable bonds is 4. The fraction of sp³-hybridized carbons (Fsp3) is 0.500. The third-order valence-electron chi connectivity index (χ3n) is 6.94. The lowest BCUT2D eigenvalue weighted by Crippen LogP contribution is -2.49. The monoisotopic (exact) mass is 440 g/mol. The highest BCUT2D eigenvalue weighted by Gasteiger charge is 2.39. The van der Waals surface area contributed by atoms with Crippen molar-refractivity contribution in [3.63, 3.8) is 0 Å². The summed E-state index contributed by atoms with van der Waals surface area (Å²) in [6.07, 6.45) is 5.57. The van der Waals surface area contributed by atoms with Crippen LogP contribution in [-0.4, -0.2) is 62.8 Å². The Hall–Kier alpha value is -2.71. The minimum Gasteiger partial charge on any atom is -0.387 e. The van der Waals surface area contributed by atoms with Crippen LogP contribution in [0.1, 0.15) is 59.8 Å². The van der Waals surface area contributed by atoms with Gasteiger partial charge in [0.15, 0.2) is 5.58 Å². The Morgan fingerprint density at radius 1 is 1.25 bits per heavy atom. The van der Waals surface area contributed by atoms with Crippen LogP contribution in [0.2, 0.25) is 0 Å². The third-order valence-corrected chi connectivity index (χ3v) is 6.94. The number of halogens is 1. The molecule has 1 amide bonds. The zero-order valence-corrected chi connectivity index (χ0v) is 18.5. The second kappa shape index (κ2) is 8.33. The van der Waals surface area contributed by atoms with Crippen molar-refractivity contribution in [1.82, 2.24) is 19.5 Å². The molecule has 0 radical (unpaired) electrons. The molecule has 3 aromatic rings. The average Bonchev–Trinajstić information content (AvgIpc) is 3.37. The van der Waals surface area contributed by atoms with Crippen LogP contribution in [0.25, 0.3) is 11.0 Å². The molecule has 2 aliphatic rings. The number of carbonyl (C=O) groups is 1. The molecular weight excluding hydrogens is 411 g/mol. The lowest BCUT2D eigenvalue weighted by Gasteiger charge is -2.40. The van der Waals surface area contributed by atoms with E-state index < -0.39 is 6.10 Å². The molecule has 1 aromatic carbocycles. The number of aryl methyl sites for hydroxylation is 1. The summed E-state index contributed by atoms with van der Waals surface area (Å²) in [5.74, 6) is -0.106. The van der Waals surface area contributed by atoms with Gasteiger partial charge in [-0.15, -0.1) is 0 Å². The number of nitrogens with zero attached hydrogens (tertiary/aromatic N) is 4. The van der Waals surface area contributed by atoms with Gasteiger partial charge in [0.25, 0.3) is 5.91 Å². The fourth-order valence-corrected chi connectivity index (χ4v) is 5.31. The van der Waals surface area contributed by atoms with Gasteiger partial charge in [-0.25, -0.2) is 4.39 Å². The van der Waals surface area contributed by atoms with Crippen molar-refractivity contribution >= 4 is 16.9 Å². The van der Waals surface area contributed by atoms with Crippen molar-refractivity contribution in [2.45, 2.75) is 44.2 Å². The molecule has 2 unspecified atom stereocenters. The number of amides is 1. The molecule has 2 aliphatic heterocycles. The molecule has 4 heterocycles. The van der Waals surface area contributed by atoms with E-state index in [9.17, 15) is 14.3 Å². The molecule has 2 atom stereocenters. The zero-order valence-electron chi connectivity index (χ0n) is 18.5. The molecular formula is C24H29FN4O3. The zero-order chi connectivity index (χ0) is 22.4. The summed E-state index contributed by atoms with van der Waals surface area (Å²) in [5, 5.41) is 16.4. The van der Waals surface area contributed by atoms with Crippen LogP contribution in [0.15, 0.2) is 35.1 Å². The van der Waals surface area contributed by atoms with Crippen LogP contribution in [0, 0.1) is 5.82 Å². The van der Waals surface area contributed by atoms with E-state index in [0.29, 0.717) is 29.8 Å². The second-order valence-corrected chi connectivity index (χ2v) is 9.07. The predicted octanol–water partition coefficient (Wildman–Crippen LogP) is 3.45. The summed E-state index contributed by atoms with van der Waals surface area (Å²) in [7, 11) is 1.88. The first-order valence-electron chi connectivity index (χ1n) is 11.4. The molecule has 32 heavy (non-hydrogen) atoms. The Labute approximate surface area is 186 Å². The van der Waals surface area contributed by atoms with Crippen LogP contribution in [0.3, 0.4) is 0 Å². The van der Waals surface area contributed by atoms with Crippen LogP contribution in [0.5, 0.6) is 0 Å². The lowest BCUT2D eigenvalue weighted by molar-refractivity contribution is 0.0188. The van der Waals surface area contributed by atoms with Crippen molar-refractivity contribution in [2.24, 2.45) is 7.05 Å². The van der Waals surface area contributed by atoms with Gasteiger partial charge in [-0.05, 0) is 44.5 Å². The van der Waals surface area contributed by atoms with E-state index in [1.807, 2.05) is 28.9 Å². The molecule has 5 rings (SSSR count). The maximum absolute atomic E-state index is 13.5. The summed E-state index contributed by atoms with van der Waals surface area (Å²) in [5.41, 5.74) is 2.68. The molecule has 0 spiro atoms. The number of fused-ring (bicyclic) bond motifs is 2. The Morgan fingerprint density at radius 3 is 2.78 bits per heavy atom. The predicted molar refractivity (Wildman–Crippen MR) is 118 cm³/mol. The molecule has 1 saturated heterocycles. The largest absolute Gasteiger partial charge is 0.387 e. The van der Waals surface area contributed by atoms with Crippen LogP contribution < -0.4 is 0 Å². The number of piperidine rings is 1. The Kier molecular flexibility index (Phi) is 5.51. The maximum Gasteiger partial charge on any atom is 0.255 e. The van der Waals surface area contributed by atoms with Gasteiger partial charge in [0.1, 0.15) is 5.82 Å². The van der Waals surface area contributed by atoms with E-state index in [-0.39, 0.29) is 23.7 Å². The quantitative estimate of drug-likeness (QED) is 0.673. The van der Waals surface area contributed by atoms with E-state index >= 15 is 0 Å². The number of aromatic nitrogens is 2. The molecule has 8 heteroatoms. The molecule has 0 bridgehead atoms. The van der Waals surface area contributed by atoms with Crippen molar-refractivity contribution in [3.8, 4) is 0 Å². The fourth-order valence-electron chi connectivity index (χ4n) is 5.31. The topological polar surface area (TPSA) is 74.7 Å². The minimum absolute atomic E-state index is 0.000171. The average molecular weight is 441 g/mol. The van der Waals surface area contributed by atoms with E-state index in [0.717, 1.165) is 43.4 Å². The number of benzene rings is 1. The standard InChI is InChI=1S/C24H29FN4O3/c1-3-8-29-14-20(23(30)18-12-27(2)13-19(18)24(29)31)28-9-6-15(7-10-28)22-17-5-4-16(25)11-21(17)32-26-22/h4-5,11-13,15,20,23,30H,3,6-10,14H2,1-2H3. The van der Waals surface area contributed by atoms with Crippen LogP contribution >= 0.6 is 0 Å². The van der Waals surface area contributed by atoms with Crippen LogP contribution in [0.4, 0.5) is 4.39 Å². The van der Waals surface area contributed by atoms with E-state index in [1.54, 1.807) is 6.07 Å². The van der Waals surface area contributed by atoms with Gasteiger partial charge < -0.3 is 19.1 Å². The molecule has 1 N–H and O–H groups in total. The summed E-state index contributed by atoms with van der Waals surface area (Å²) < 4.78 is 20.7. The van der Waals surface area contributed by atoms with Crippen LogP contribution in [-0.2, 0) is 7.05 Å². The number of carbonyl (C=O) groups excluding carboxylic acids is 1. The number of hydrogen-bond donors (Lipinski definition) is 1. The van der Waals surface area contributed by atoms with Crippen molar-refractivity contribution in [3.05, 3.63) is 53.2 Å². The highest BCUT2D eigenvalue weighted by atomic mass is 19.1. The van der Waals surface area contributed by atoms with Gasteiger partial charge in [0, 0.05) is 55.5 Å². The highest BCUT2D eigenvalue weighted by molar-refractivity contribution is 5.96. The molecule has 170 valence electrons. The molecule has 2 aromatic heterocycles. The van der Waals surface area contributed by atoms with Gasteiger partial charge >= 0.3 is 0 Å². The third kappa shape index (κ3) is 3.61. The smallest absolute Gasteiger partial charge is 0.255 e. The van der Waals surface area contributed by atoms with E-state index in [1.165, 1.54) is 12.1 Å². The van der Waals surface area contributed by atoms with Gasteiger partial charge in [-0.2, -0.15) is 0 Å². The summed E-state index contributed by atoms with van der Waals surface area (Å²) in [6.45, 7) is 4.84. The van der Waals surface area contributed by atoms with E-state index in [2.05, 4.69) is 17.0 Å². The molecule has 1 fully saturated rings. The van der Waals surface area contributed by atoms with Gasteiger partial charge in [-0.1, -0.05) is 12.1 Å². The number of likely N-dealkylation sites (tertiary alicyclic amines) is 1. The molecule has 0 aliphatic carbocycles. The van der Waals surface area contributed by atoms with E-state index in [4.69, 9.17) is 4.52 Å². The van der Waals surface area contributed by atoms with Crippen molar-refractivity contribution in [1.29, 1.82) is 0 Å². The highest BCUT2D eigenvalue weighted by Crippen LogP contribution is 2.36. The maximum atomic E-state index is 13.5. The first-order chi connectivity index (χ1) is 15.5. The van der Waals surface area contributed by atoms with Crippen molar-refractivity contribution < 1.29 is 18.8 Å². The SMILES string of the molecule is CCCN1CC(N2CCC(c3noc4cc(F)ccc34)CC2)C(O)c2cn(C)cc2C1=O. The van der Waals surface area contributed by atoms with Gasteiger partial charge in [0.2, 0.25) is 0 Å². The van der Waals surface area contributed by atoms with Gasteiger partial charge in [0.05, 0.1) is 23.4 Å². The number of aliphatic hydroxyl groups excluding tert-OH is 1. The Balaban J connectivity index is 1.36. The first kappa shape index (κ1) is 21.2. The Bertz CT molecular complexity index is 1130. The number of hydrogen-bond acceptors (Lipinski definition) is 5. The minimum atomic E-state index is -0.718. The number of aliphatic hydroxyl groups is 1. The first-order valence-corrected chi connectivity index (χ1v) is 11.4.